The number of amides is 1. The molecule has 29 heavy (non-hydrogen) atoms. The van der Waals surface area contributed by atoms with Gasteiger partial charge < -0.3 is 4.74 Å². The monoisotopic (exact) mass is 557 g/mol. The van der Waals surface area contributed by atoms with E-state index in [2.05, 4.69) is 38.5 Å². The fourth-order valence-corrected chi connectivity index (χ4v) is 4.35. The van der Waals surface area contributed by atoms with Crippen molar-refractivity contribution in [1.29, 1.82) is 0 Å². The van der Waals surface area contributed by atoms with Crippen LogP contribution < -0.4 is 9.64 Å². The number of hydrogen-bond donors (Lipinski definition) is 0. The first-order valence-electron chi connectivity index (χ1n) is 8.99. The van der Waals surface area contributed by atoms with Gasteiger partial charge in [-0.1, -0.05) is 42.5 Å². The number of carbonyl (C=O) groups is 1. The minimum Gasteiger partial charge on any atom is -0.496 e. The number of benzene rings is 3. The second-order valence-electron chi connectivity index (χ2n) is 6.51. The Labute approximate surface area is 192 Å². The van der Waals surface area contributed by atoms with Gasteiger partial charge in [-0.25, -0.2) is 0 Å². The van der Waals surface area contributed by atoms with Gasteiger partial charge in [0.15, 0.2) is 0 Å². The van der Waals surface area contributed by atoms with Gasteiger partial charge in [-0.3, -0.25) is 9.69 Å². The third-order valence-electron chi connectivity index (χ3n) is 4.62. The van der Waals surface area contributed by atoms with E-state index in [0.29, 0.717) is 5.57 Å². The van der Waals surface area contributed by atoms with Crippen molar-refractivity contribution in [3.63, 3.8) is 0 Å². The SMILES string of the molecule is COc1ccc(/C=C2\C=C(c3ccccc3)N(c3cccc(I)c3)C2=O)cc1Br. The Bertz CT molecular complexity index is 1140. The van der Waals surface area contributed by atoms with Crippen molar-refractivity contribution in [2.45, 2.75) is 0 Å². The second kappa shape index (κ2) is 8.55. The molecule has 0 N–H and O–H groups in total. The predicted molar refractivity (Wildman–Crippen MR) is 130 cm³/mol. The van der Waals surface area contributed by atoms with Gasteiger partial charge in [0.1, 0.15) is 5.75 Å². The molecule has 1 amide bonds. The number of rotatable bonds is 4. The van der Waals surface area contributed by atoms with Crippen molar-refractivity contribution in [3.8, 4) is 5.75 Å². The summed E-state index contributed by atoms with van der Waals surface area (Å²) in [7, 11) is 1.63. The van der Waals surface area contributed by atoms with E-state index in [1.54, 1.807) is 12.0 Å². The van der Waals surface area contributed by atoms with E-state index in [4.69, 9.17) is 4.74 Å². The minimum atomic E-state index is -0.0437. The van der Waals surface area contributed by atoms with E-state index in [9.17, 15) is 4.79 Å². The molecule has 0 bridgehead atoms. The number of ether oxygens (including phenoxy) is 1. The Balaban J connectivity index is 1.81. The summed E-state index contributed by atoms with van der Waals surface area (Å²) in [6.07, 6.45) is 3.86. The van der Waals surface area contributed by atoms with Gasteiger partial charge in [-0.2, -0.15) is 0 Å². The van der Waals surface area contributed by atoms with E-state index < -0.39 is 0 Å². The molecule has 0 aromatic heterocycles. The molecule has 0 saturated carbocycles. The molecule has 144 valence electrons. The maximum atomic E-state index is 13.4. The first-order valence-corrected chi connectivity index (χ1v) is 10.9. The third-order valence-corrected chi connectivity index (χ3v) is 5.91. The molecule has 0 radical (unpaired) electrons. The summed E-state index contributed by atoms with van der Waals surface area (Å²) in [4.78, 5) is 15.2. The molecule has 3 aromatic rings. The van der Waals surface area contributed by atoms with Crippen LogP contribution in [0.5, 0.6) is 5.75 Å². The van der Waals surface area contributed by atoms with E-state index in [1.807, 2.05) is 84.9 Å². The molecule has 0 aliphatic carbocycles. The van der Waals surface area contributed by atoms with Gasteiger partial charge in [0, 0.05) is 9.14 Å². The summed E-state index contributed by atoms with van der Waals surface area (Å²) >= 11 is 5.78. The fraction of sp³-hybridized carbons (Fsp3) is 0.0417. The Morgan fingerprint density at radius 2 is 1.79 bits per heavy atom. The second-order valence-corrected chi connectivity index (χ2v) is 8.61. The fourth-order valence-electron chi connectivity index (χ4n) is 3.26. The van der Waals surface area contributed by atoms with Crippen LogP contribution in [0.2, 0.25) is 0 Å². The topological polar surface area (TPSA) is 29.5 Å². The van der Waals surface area contributed by atoms with Gasteiger partial charge in [0.05, 0.1) is 23.0 Å². The zero-order valence-corrected chi connectivity index (χ0v) is 19.3. The van der Waals surface area contributed by atoms with Crippen LogP contribution in [0.25, 0.3) is 11.8 Å². The molecule has 4 rings (SSSR count). The van der Waals surface area contributed by atoms with Crippen LogP contribution in [-0.4, -0.2) is 13.0 Å². The first-order chi connectivity index (χ1) is 14.1. The van der Waals surface area contributed by atoms with Crippen molar-refractivity contribution in [3.05, 3.63) is 104 Å². The van der Waals surface area contributed by atoms with Gasteiger partial charge in [-0.15, -0.1) is 0 Å². The highest BCUT2D eigenvalue weighted by Crippen LogP contribution is 2.36. The van der Waals surface area contributed by atoms with E-state index >= 15 is 0 Å². The summed E-state index contributed by atoms with van der Waals surface area (Å²) in [6, 6.07) is 23.7. The highest BCUT2D eigenvalue weighted by atomic mass is 127. The summed E-state index contributed by atoms with van der Waals surface area (Å²) in [5.74, 6) is 0.712. The molecule has 5 heteroatoms. The summed E-state index contributed by atoms with van der Waals surface area (Å²) in [6.45, 7) is 0. The summed E-state index contributed by atoms with van der Waals surface area (Å²) in [5, 5.41) is 0. The molecule has 0 saturated heterocycles. The lowest BCUT2D eigenvalue weighted by molar-refractivity contribution is -0.113. The van der Waals surface area contributed by atoms with Gasteiger partial charge in [-0.05, 0) is 92.1 Å². The van der Waals surface area contributed by atoms with Gasteiger partial charge >= 0.3 is 0 Å². The average Bonchev–Trinajstić information content (AvgIpc) is 3.05. The highest BCUT2D eigenvalue weighted by molar-refractivity contribution is 14.1. The van der Waals surface area contributed by atoms with Crippen molar-refractivity contribution in [1.82, 2.24) is 0 Å². The van der Waals surface area contributed by atoms with E-state index in [1.165, 1.54) is 0 Å². The van der Waals surface area contributed by atoms with Crippen LogP contribution >= 0.6 is 38.5 Å². The number of hydrogen-bond acceptors (Lipinski definition) is 2. The number of methoxy groups -OCH3 is 1. The molecule has 0 atom stereocenters. The van der Waals surface area contributed by atoms with Crippen molar-refractivity contribution >= 4 is 61.9 Å². The van der Waals surface area contributed by atoms with Crippen LogP contribution in [0.4, 0.5) is 5.69 Å². The largest absolute Gasteiger partial charge is 0.496 e. The summed E-state index contributed by atoms with van der Waals surface area (Å²) < 4.78 is 7.23. The minimum absolute atomic E-state index is 0.0437. The molecule has 0 fully saturated rings. The zero-order chi connectivity index (χ0) is 20.4. The predicted octanol–water partition coefficient (Wildman–Crippen LogP) is 6.53. The van der Waals surface area contributed by atoms with Crippen LogP contribution in [0.3, 0.4) is 0 Å². The highest BCUT2D eigenvalue weighted by Gasteiger charge is 2.30. The molecule has 1 heterocycles. The van der Waals surface area contributed by atoms with E-state index in [-0.39, 0.29) is 5.91 Å². The molecular weight excluding hydrogens is 541 g/mol. The quantitative estimate of drug-likeness (QED) is 0.269. The number of halogens is 2. The standard InChI is InChI=1S/C24H17BrINO2/c1-29-23-11-10-16(13-21(23)25)12-18-14-22(17-6-3-2-4-7-17)27(24(18)28)20-9-5-8-19(26)15-20/h2-15H,1H3/b18-12+. The van der Waals surface area contributed by atoms with Crippen LogP contribution in [0, 0.1) is 3.57 Å². The lowest BCUT2D eigenvalue weighted by Crippen LogP contribution is -2.25. The van der Waals surface area contributed by atoms with Crippen LogP contribution in [0.15, 0.2) is 88.9 Å². The Hall–Kier alpha value is -2.38. The molecule has 3 nitrogen and oxygen atoms in total. The summed E-state index contributed by atoms with van der Waals surface area (Å²) in [5.41, 5.74) is 4.29. The Morgan fingerprint density at radius 3 is 2.48 bits per heavy atom. The number of carbonyl (C=O) groups excluding carboxylic acids is 1. The van der Waals surface area contributed by atoms with Gasteiger partial charge in [0.25, 0.3) is 5.91 Å². The smallest absolute Gasteiger partial charge is 0.262 e. The van der Waals surface area contributed by atoms with Crippen molar-refractivity contribution in [2.24, 2.45) is 0 Å². The number of anilines is 1. The molecule has 1 aliphatic heterocycles. The molecule has 1 aliphatic rings. The van der Waals surface area contributed by atoms with Gasteiger partial charge in [0.2, 0.25) is 0 Å². The zero-order valence-electron chi connectivity index (χ0n) is 15.6. The normalized spacial score (nSPS) is 15.0. The first kappa shape index (κ1) is 19.9. The van der Waals surface area contributed by atoms with E-state index in [0.717, 1.165) is 36.3 Å². The Morgan fingerprint density at radius 1 is 1.00 bits per heavy atom. The molecule has 0 spiro atoms. The van der Waals surface area contributed by atoms with Crippen molar-refractivity contribution in [2.75, 3.05) is 12.0 Å². The average molecular weight is 558 g/mol. The maximum absolute atomic E-state index is 13.4. The lowest BCUT2D eigenvalue weighted by atomic mass is 10.1. The van der Waals surface area contributed by atoms with Crippen molar-refractivity contribution < 1.29 is 9.53 Å². The molecule has 3 aromatic carbocycles. The molecular formula is C24H17BrINO2. The number of nitrogens with zero attached hydrogens (tertiary/aromatic N) is 1. The third kappa shape index (κ3) is 4.16. The maximum Gasteiger partial charge on any atom is 0.262 e. The lowest BCUT2D eigenvalue weighted by Gasteiger charge is -2.21. The van der Waals surface area contributed by atoms with Crippen LogP contribution in [0.1, 0.15) is 11.1 Å². The molecule has 0 unspecified atom stereocenters. The Kier molecular flexibility index (Phi) is 5.87. The van der Waals surface area contributed by atoms with Crippen LogP contribution in [-0.2, 0) is 4.79 Å².